The smallest absolute Gasteiger partial charge is 0.269 e. The van der Waals surface area contributed by atoms with Crippen molar-refractivity contribution in [1.29, 1.82) is 0 Å². The Bertz CT molecular complexity index is 474. The number of amides is 1. The van der Waals surface area contributed by atoms with Crippen LogP contribution in [0.5, 0.6) is 5.75 Å². The van der Waals surface area contributed by atoms with Gasteiger partial charge in [0.25, 0.3) is 11.6 Å². The molecular formula is C12H14N2O5. The number of carbonyl (C=O) groups is 1. The van der Waals surface area contributed by atoms with Gasteiger partial charge < -0.3 is 14.7 Å². The third kappa shape index (κ3) is 3.41. The normalized spacial score (nSPS) is 18.4. The predicted molar refractivity (Wildman–Crippen MR) is 65.8 cm³/mol. The average molecular weight is 266 g/mol. The monoisotopic (exact) mass is 266 g/mol. The van der Waals surface area contributed by atoms with Crippen molar-refractivity contribution in [2.75, 3.05) is 19.7 Å². The molecule has 1 aromatic carbocycles. The molecule has 1 fully saturated rings. The fourth-order valence-electron chi connectivity index (χ4n) is 1.87. The quantitative estimate of drug-likeness (QED) is 0.635. The molecule has 7 heteroatoms. The number of nitro benzene ring substituents is 1. The molecule has 0 unspecified atom stereocenters. The van der Waals surface area contributed by atoms with Crippen molar-refractivity contribution in [3.8, 4) is 5.75 Å². The van der Waals surface area contributed by atoms with Gasteiger partial charge in [0.1, 0.15) is 5.75 Å². The second-order valence-corrected chi connectivity index (χ2v) is 4.32. The molecule has 19 heavy (non-hydrogen) atoms. The summed E-state index contributed by atoms with van der Waals surface area (Å²) in [6, 6.07) is 5.54. The van der Waals surface area contributed by atoms with Crippen LogP contribution in [-0.2, 0) is 4.79 Å². The number of nitro groups is 1. The molecule has 1 N–H and O–H groups in total. The Kier molecular flexibility index (Phi) is 3.96. The second-order valence-electron chi connectivity index (χ2n) is 4.32. The summed E-state index contributed by atoms with van der Waals surface area (Å²) in [7, 11) is 0. The second kappa shape index (κ2) is 5.66. The maximum Gasteiger partial charge on any atom is 0.269 e. The number of carbonyl (C=O) groups excluding carboxylic acids is 1. The Morgan fingerprint density at radius 3 is 2.68 bits per heavy atom. The number of aliphatic hydroxyl groups is 1. The highest BCUT2D eigenvalue weighted by molar-refractivity contribution is 5.78. The number of benzene rings is 1. The van der Waals surface area contributed by atoms with Crippen molar-refractivity contribution < 1.29 is 19.6 Å². The zero-order chi connectivity index (χ0) is 13.8. The SMILES string of the molecule is O=C(COc1ccc([N+](=O)[O-])cc1)N1CC[C@H](O)C1. The largest absolute Gasteiger partial charge is 0.484 e. The first-order valence-corrected chi connectivity index (χ1v) is 5.89. The minimum absolute atomic E-state index is 0.0265. The van der Waals surface area contributed by atoms with Gasteiger partial charge in [-0.15, -0.1) is 0 Å². The zero-order valence-electron chi connectivity index (χ0n) is 10.2. The third-order valence-electron chi connectivity index (χ3n) is 2.93. The van der Waals surface area contributed by atoms with E-state index in [0.717, 1.165) is 0 Å². The van der Waals surface area contributed by atoms with E-state index in [1.807, 2.05) is 0 Å². The molecule has 0 spiro atoms. The van der Waals surface area contributed by atoms with E-state index in [0.29, 0.717) is 25.3 Å². The van der Waals surface area contributed by atoms with Gasteiger partial charge >= 0.3 is 0 Å². The lowest BCUT2D eigenvalue weighted by Crippen LogP contribution is -2.33. The van der Waals surface area contributed by atoms with Crippen LogP contribution in [0.4, 0.5) is 5.69 Å². The van der Waals surface area contributed by atoms with Crippen LogP contribution in [0.1, 0.15) is 6.42 Å². The minimum Gasteiger partial charge on any atom is -0.484 e. The summed E-state index contributed by atoms with van der Waals surface area (Å²) < 4.78 is 5.25. The fourth-order valence-corrected chi connectivity index (χ4v) is 1.87. The Morgan fingerprint density at radius 1 is 1.47 bits per heavy atom. The highest BCUT2D eigenvalue weighted by Crippen LogP contribution is 2.17. The van der Waals surface area contributed by atoms with Gasteiger partial charge in [-0.2, -0.15) is 0 Å². The van der Waals surface area contributed by atoms with Gasteiger partial charge in [0.05, 0.1) is 11.0 Å². The molecule has 2 rings (SSSR count). The summed E-state index contributed by atoms with van der Waals surface area (Å²) in [6.45, 7) is 0.733. The average Bonchev–Trinajstić information content (AvgIpc) is 2.83. The molecule has 1 atom stereocenters. The third-order valence-corrected chi connectivity index (χ3v) is 2.93. The number of hydrogen-bond acceptors (Lipinski definition) is 5. The number of nitrogens with zero attached hydrogens (tertiary/aromatic N) is 2. The van der Waals surface area contributed by atoms with Gasteiger partial charge in [-0.3, -0.25) is 14.9 Å². The number of hydrogen-bond donors (Lipinski definition) is 1. The summed E-state index contributed by atoms with van der Waals surface area (Å²) in [4.78, 5) is 23.2. The molecule has 1 aliphatic rings. The van der Waals surface area contributed by atoms with Gasteiger partial charge in [0.2, 0.25) is 0 Å². The molecule has 1 aromatic rings. The van der Waals surface area contributed by atoms with Crippen LogP contribution < -0.4 is 4.74 Å². The van der Waals surface area contributed by atoms with Crippen LogP contribution in [0.25, 0.3) is 0 Å². The number of ether oxygens (including phenoxy) is 1. The molecule has 1 heterocycles. The summed E-state index contributed by atoms with van der Waals surface area (Å²) in [5, 5.41) is 19.8. The molecule has 7 nitrogen and oxygen atoms in total. The fraction of sp³-hybridized carbons (Fsp3) is 0.417. The highest BCUT2D eigenvalue weighted by atomic mass is 16.6. The van der Waals surface area contributed by atoms with Gasteiger partial charge in [-0.05, 0) is 18.6 Å². The molecule has 0 saturated carbocycles. The minimum atomic E-state index is -0.499. The number of likely N-dealkylation sites (tertiary alicyclic amines) is 1. The lowest BCUT2D eigenvalue weighted by Gasteiger charge is -2.15. The lowest BCUT2D eigenvalue weighted by molar-refractivity contribution is -0.384. The van der Waals surface area contributed by atoms with Crippen molar-refractivity contribution in [2.24, 2.45) is 0 Å². The maximum absolute atomic E-state index is 11.7. The molecule has 0 bridgehead atoms. The van der Waals surface area contributed by atoms with E-state index in [2.05, 4.69) is 0 Å². The Balaban J connectivity index is 1.85. The van der Waals surface area contributed by atoms with E-state index < -0.39 is 11.0 Å². The Labute approximate surface area is 109 Å². The zero-order valence-corrected chi connectivity index (χ0v) is 10.2. The molecular weight excluding hydrogens is 252 g/mol. The standard InChI is InChI=1S/C12H14N2O5/c15-10-5-6-13(7-10)12(16)8-19-11-3-1-9(2-4-11)14(17)18/h1-4,10,15H,5-8H2/t10-/m0/s1. The number of non-ortho nitro benzene ring substituents is 1. The van der Waals surface area contributed by atoms with Crippen LogP contribution in [0.2, 0.25) is 0 Å². The summed E-state index contributed by atoms with van der Waals surface area (Å²) in [5.74, 6) is 0.202. The van der Waals surface area contributed by atoms with Gasteiger partial charge in [-0.1, -0.05) is 0 Å². The molecule has 102 valence electrons. The Morgan fingerprint density at radius 2 is 2.16 bits per heavy atom. The molecule has 1 aliphatic heterocycles. The predicted octanol–water partition coefficient (Wildman–Crippen LogP) is 0.567. The topological polar surface area (TPSA) is 92.9 Å². The van der Waals surface area contributed by atoms with E-state index >= 15 is 0 Å². The molecule has 0 radical (unpaired) electrons. The summed E-state index contributed by atoms with van der Waals surface area (Å²) in [5.41, 5.74) is -0.0265. The van der Waals surface area contributed by atoms with E-state index in [1.54, 1.807) is 0 Å². The first-order valence-electron chi connectivity index (χ1n) is 5.89. The van der Waals surface area contributed by atoms with Crippen molar-refractivity contribution in [3.05, 3.63) is 34.4 Å². The van der Waals surface area contributed by atoms with E-state index in [4.69, 9.17) is 4.74 Å². The Hall–Kier alpha value is -2.15. The molecule has 0 aliphatic carbocycles. The number of β-amino-alcohol motifs (C(OH)–C–C–N with tert-alkyl or cyclic N) is 1. The number of aliphatic hydroxyl groups excluding tert-OH is 1. The highest BCUT2D eigenvalue weighted by Gasteiger charge is 2.24. The van der Waals surface area contributed by atoms with Crippen molar-refractivity contribution >= 4 is 11.6 Å². The molecule has 1 saturated heterocycles. The lowest BCUT2D eigenvalue weighted by atomic mass is 10.3. The summed E-state index contributed by atoms with van der Waals surface area (Å²) >= 11 is 0. The maximum atomic E-state index is 11.7. The molecule has 1 amide bonds. The summed E-state index contributed by atoms with van der Waals surface area (Å²) in [6.07, 6.45) is 0.131. The first-order chi connectivity index (χ1) is 9.06. The van der Waals surface area contributed by atoms with E-state index in [1.165, 1.54) is 29.2 Å². The van der Waals surface area contributed by atoms with Crippen LogP contribution in [0.3, 0.4) is 0 Å². The van der Waals surface area contributed by atoms with E-state index in [9.17, 15) is 20.0 Å². The number of rotatable bonds is 4. The van der Waals surface area contributed by atoms with Crippen LogP contribution in [0, 0.1) is 10.1 Å². The van der Waals surface area contributed by atoms with Crippen LogP contribution in [0.15, 0.2) is 24.3 Å². The molecule has 0 aromatic heterocycles. The van der Waals surface area contributed by atoms with Crippen LogP contribution >= 0.6 is 0 Å². The van der Waals surface area contributed by atoms with Crippen LogP contribution in [-0.4, -0.2) is 46.6 Å². The van der Waals surface area contributed by atoms with E-state index in [-0.39, 0.29) is 18.2 Å². The first kappa shape index (κ1) is 13.3. The van der Waals surface area contributed by atoms with Crippen molar-refractivity contribution in [1.82, 2.24) is 4.90 Å². The van der Waals surface area contributed by atoms with Gasteiger partial charge in [0.15, 0.2) is 6.61 Å². The van der Waals surface area contributed by atoms with Crippen molar-refractivity contribution in [3.63, 3.8) is 0 Å². The van der Waals surface area contributed by atoms with Gasteiger partial charge in [0, 0.05) is 25.2 Å². The van der Waals surface area contributed by atoms with Gasteiger partial charge in [-0.25, -0.2) is 0 Å². The van der Waals surface area contributed by atoms with Crippen molar-refractivity contribution in [2.45, 2.75) is 12.5 Å².